The van der Waals surface area contributed by atoms with E-state index in [9.17, 15) is 4.79 Å². The Balaban J connectivity index is 1.72. The Morgan fingerprint density at radius 3 is 2.54 bits per heavy atom. The minimum atomic E-state index is 0.290. The summed E-state index contributed by atoms with van der Waals surface area (Å²) in [5.74, 6) is 0.391. The molecule has 2 aliphatic rings. The fourth-order valence-corrected chi connectivity index (χ4v) is 1.94. The number of carbonyl (C=O) groups excluding carboxylic acids is 1. The molecule has 2 fully saturated rings. The molecule has 1 saturated carbocycles. The minimum Gasteiger partial charge on any atom is -0.379 e. The van der Waals surface area contributed by atoms with E-state index >= 15 is 0 Å². The van der Waals surface area contributed by atoms with Crippen LogP contribution < -0.4 is 0 Å². The van der Waals surface area contributed by atoms with Gasteiger partial charge in [0.1, 0.15) is 5.78 Å². The molecule has 1 saturated heterocycles. The Hall–Kier alpha value is -0.410. The van der Waals surface area contributed by atoms with Crippen molar-refractivity contribution in [3.05, 3.63) is 0 Å². The molecule has 1 atom stereocenters. The van der Waals surface area contributed by atoms with Crippen molar-refractivity contribution >= 4 is 5.78 Å². The average molecular weight is 184 g/mol. The van der Waals surface area contributed by atoms with Crippen LogP contribution in [-0.4, -0.2) is 31.2 Å². The summed E-state index contributed by atoms with van der Waals surface area (Å²) >= 11 is 0. The Kier molecular flexibility index (Phi) is 2.96. The van der Waals surface area contributed by atoms with Crippen molar-refractivity contribution in [3.8, 4) is 0 Å². The van der Waals surface area contributed by atoms with E-state index in [1.807, 2.05) is 0 Å². The molecule has 13 heavy (non-hydrogen) atoms. The van der Waals surface area contributed by atoms with Crippen LogP contribution in [0.25, 0.3) is 0 Å². The zero-order valence-electron chi connectivity index (χ0n) is 7.83. The summed E-state index contributed by atoms with van der Waals surface area (Å²) in [6.07, 6.45) is 4.86. The van der Waals surface area contributed by atoms with E-state index in [-0.39, 0.29) is 0 Å². The first-order valence-electron chi connectivity index (χ1n) is 5.09. The van der Waals surface area contributed by atoms with E-state index in [0.29, 0.717) is 30.8 Å². The molecule has 1 heterocycles. The van der Waals surface area contributed by atoms with Crippen molar-refractivity contribution in [1.82, 2.24) is 0 Å². The molecule has 0 spiro atoms. The molecular formula is C10H16O3. The Morgan fingerprint density at radius 1 is 1.15 bits per heavy atom. The third-order valence-electron chi connectivity index (χ3n) is 2.76. The largest absolute Gasteiger partial charge is 0.379 e. The summed E-state index contributed by atoms with van der Waals surface area (Å²) in [5.41, 5.74) is 0. The van der Waals surface area contributed by atoms with Crippen LogP contribution in [0.2, 0.25) is 0 Å². The lowest BCUT2D eigenvalue weighted by molar-refractivity contribution is -0.124. The topological polar surface area (TPSA) is 35.5 Å². The summed E-state index contributed by atoms with van der Waals surface area (Å²) in [6.45, 7) is 1.57. The second kappa shape index (κ2) is 4.20. The minimum absolute atomic E-state index is 0.290. The maximum atomic E-state index is 11.0. The number of carbonyl (C=O) groups is 1. The fraction of sp³-hybridized carbons (Fsp3) is 0.900. The van der Waals surface area contributed by atoms with Crippen molar-refractivity contribution in [2.75, 3.05) is 13.2 Å². The van der Waals surface area contributed by atoms with Crippen molar-refractivity contribution < 1.29 is 14.3 Å². The summed E-state index contributed by atoms with van der Waals surface area (Å²) in [4.78, 5) is 11.0. The van der Waals surface area contributed by atoms with Gasteiger partial charge < -0.3 is 9.47 Å². The van der Waals surface area contributed by atoms with Gasteiger partial charge in [-0.05, 0) is 19.3 Å². The Bertz CT molecular complexity index is 175. The highest BCUT2D eigenvalue weighted by Crippen LogP contribution is 2.21. The van der Waals surface area contributed by atoms with Gasteiger partial charge in [0.05, 0.1) is 18.8 Å². The average Bonchev–Trinajstić information content (AvgIpc) is 2.62. The van der Waals surface area contributed by atoms with Crippen LogP contribution in [0.5, 0.6) is 0 Å². The van der Waals surface area contributed by atoms with Crippen LogP contribution in [0.1, 0.15) is 32.1 Å². The number of hydrogen-bond acceptors (Lipinski definition) is 3. The van der Waals surface area contributed by atoms with Gasteiger partial charge in [0.15, 0.2) is 0 Å². The molecule has 2 rings (SSSR count). The van der Waals surface area contributed by atoms with Crippen LogP contribution in [-0.2, 0) is 14.3 Å². The van der Waals surface area contributed by atoms with Gasteiger partial charge in [0, 0.05) is 19.4 Å². The molecule has 1 aliphatic carbocycles. The number of ether oxygens (including phenoxy) is 2. The normalized spacial score (nSPS) is 31.1. The zero-order chi connectivity index (χ0) is 9.10. The molecule has 0 unspecified atom stereocenters. The van der Waals surface area contributed by atoms with Gasteiger partial charge in [-0.2, -0.15) is 0 Å². The van der Waals surface area contributed by atoms with Crippen molar-refractivity contribution in [1.29, 1.82) is 0 Å². The molecular weight excluding hydrogens is 168 g/mol. The van der Waals surface area contributed by atoms with Gasteiger partial charge >= 0.3 is 0 Å². The SMILES string of the molecule is O=C1CCC(O[C@H]2CCOC2)CC1. The quantitative estimate of drug-likeness (QED) is 0.649. The van der Waals surface area contributed by atoms with Crippen molar-refractivity contribution in [2.24, 2.45) is 0 Å². The summed E-state index contributed by atoms with van der Waals surface area (Å²) in [7, 11) is 0. The number of ketones is 1. The standard InChI is InChI=1S/C10H16O3/c11-8-1-3-9(4-2-8)13-10-5-6-12-7-10/h9-10H,1-7H2/t10-/m0/s1. The molecule has 74 valence electrons. The highest BCUT2D eigenvalue weighted by atomic mass is 16.5. The van der Waals surface area contributed by atoms with Gasteiger partial charge in [-0.15, -0.1) is 0 Å². The molecule has 0 aromatic rings. The first kappa shape index (κ1) is 9.16. The van der Waals surface area contributed by atoms with Crippen LogP contribution >= 0.6 is 0 Å². The lowest BCUT2D eigenvalue weighted by Gasteiger charge is -2.24. The van der Waals surface area contributed by atoms with Crippen molar-refractivity contribution in [3.63, 3.8) is 0 Å². The van der Waals surface area contributed by atoms with E-state index in [0.717, 1.165) is 32.5 Å². The van der Waals surface area contributed by atoms with E-state index in [1.165, 1.54) is 0 Å². The number of hydrogen-bond donors (Lipinski definition) is 0. The Morgan fingerprint density at radius 2 is 1.92 bits per heavy atom. The zero-order valence-corrected chi connectivity index (χ0v) is 7.83. The molecule has 0 N–H and O–H groups in total. The van der Waals surface area contributed by atoms with E-state index in [2.05, 4.69) is 0 Å². The second-order valence-electron chi connectivity index (χ2n) is 3.86. The fourth-order valence-electron chi connectivity index (χ4n) is 1.94. The van der Waals surface area contributed by atoms with Gasteiger partial charge in [-0.1, -0.05) is 0 Å². The highest BCUT2D eigenvalue weighted by Gasteiger charge is 2.24. The number of Topliss-reactive ketones (excluding diaryl/α,β-unsaturated/α-hetero) is 1. The molecule has 0 bridgehead atoms. The van der Waals surface area contributed by atoms with Crippen LogP contribution in [0.15, 0.2) is 0 Å². The lowest BCUT2D eigenvalue weighted by atomic mass is 9.96. The monoisotopic (exact) mass is 184 g/mol. The molecule has 0 radical (unpaired) electrons. The predicted octanol–water partition coefficient (Wildman–Crippen LogP) is 1.30. The van der Waals surface area contributed by atoms with Gasteiger partial charge in [-0.25, -0.2) is 0 Å². The van der Waals surface area contributed by atoms with Gasteiger partial charge in [-0.3, -0.25) is 4.79 Å². The molecule has 3 heteroatoms. The Labute approximate surface area is 78.4 Å². The predicted molar refractivity (Wildman–Crippen MR) is 47.6 cm³/mol. The molecule has 1 aliphatic heterocycles. The number of rotatable bonds is 2. The molecule has 0 aromatic heterocycles. The first-order chi connectivity index (χ1) is 6.34. The third kappa shape index (κ3) is 2.51. The van der Waals surface area contributed by atoms with E-state index < -0.39 is 0 Å². The van der Waals surface area contributed by atoms with Crippen LogP contribution in [0.3, 0.4) is 0 Å². The second-order valence-corrected chi connectivity index (χ2v) is 3.86. The van der Waals surface area contributed by atoms with Crippen LogP contribution in [0, 0.1) is 0 Å². The summed E-state index contributed by atoms with van der Waals surface area (Å²) in [6, 6.07) is 0. The first-order valence-corrected chi connectivity index (χ1v) is 5.09. The smallest absolute Gasteiger partial charge is 0.133 e. The van der Waals surface area contributed by atoms with Gasteiger partial charge in [0.25, 0.3) is 0 Å². The van der Waals surface area contributed by atoms with E-state index in [1.54, 1.807) is 0 Å². The molecule has 0 aromatic carbocycles. The highest BCUT2D eigenvalue weighted by molar-refractivity contribution is 5.79. The van der Waals surface area contributed by atoms with Gasteiger partial charge in [0.2, 0.25) is 0 Å². The lowest BCUT2D eigenvalue weighted by Crippen LogP contribution is -2.27. The molecule has 0 amide bonds. The van der Waals surface area contributed by atoms with Crippen LogP contribution in [0.4, 0.5) is 0 Å². The maximum absolute atomic E-state index is 11.0. The summed E-state index contributed by atoms with van der Waals surface area (Å²) in [5, 5.41) is 0. The van der Waals surface area contributed by atoms with E-state index in [4.69, 9.17) is 9.47 Å². The maximum Gasteiger partial charge on any atom is 0.133 e. The third-order valence-corrected chi connectivity index (χ3v) is 2.76. The van der Waals surface area contributed by atoms with Crippen molar-refractivity contribution in [2.45, 2.75) is 44.3 Å². The molecule has 3 nitrogen and oxygen atoms in total. The summed E-state index contributed by atoms with van der Waals surface area (Å²) < 4.78 is 11.1.